The highest BCUT2D eigenvalue weighted by Gasteiger charge is 1.92. The van der Waals surface area contributed by atoms with E-state index in [0.717, 1.165) is 6.42 Å². The third-order valence-corrected chi connectivity index (χ3v) is 1.78. The minimum Gasteiger partial charge on any atom is -0.0871 e. The van der Waals surface area contributed by atoms with Crippen molar-refractivity contribution in [2.75, 3.05) is 0 Å². The SMILES string of the molecule is C.C/C=C\c1ccccc1CC.CC.CC. The number of rotatable bonds is 2. The molecule has 0 heterocycles. The fourth-order valence-electron chi connectivity index (χ4n) is 1.20. The maximum absolute atomic E-state index is 2.18. The molecule has 0 nitrogen and oxygen atoms in total. The zero-order valence-electron chi connectivity index (χ0n) is 11.2. The summed E-state index contributed by atoms with van der Waals surface area (Å²) in [4.78, 5) is 0. The van der Waals surface area contributed by atoms with Gasteiger partial charge in [-0.05, 0) is 24.5 Å². The van der Waals surface area contributed by atoms with Gasteiger partial charge in [-0.3, -0.25) is 0 Å². The van der Waals surface area contributed by atoms with E-state index in [1.54, 1.807) is 0 Å². The fourth-order valence-corrected chi connectivity index (χ4v) is 1.20. The second kappa shape index (κ2) is 16.4. The zero-order chi connectivity index (χ0) is 12.1. The summed E-state index contributed by atoms with van der Waals surface area (Å²) in [5.41, 5.74) is 2.77. The molecule has 0 atom stereocenters. The van der Waals surface area contributed by atoms with Crippen LogP contribution in [0.5, 0.6) is 0 Å². The lowest BCUT2D eigenvalue weighted by atomic mass is 10.1. The Bertz CT molecular complexity index is 246. The Morgan fingerprint density at radius 3 is 1.94 bits per heavy atom. The first-order valence-corrected chi connectivity index (χ1v) is 6.09. The van der Waals surface area contributed by atoms with Crippen molar-refractivity contribution in [1.29, 1.82) is 0 Å². The van der Waals surface area contributed by atoms with Crippen LogP contribution in [0.3, 0.4) is 0 Å². The van der Waals surface area contributed by atoms with Crippen molar-refractivity contribution in [3.8, 4) is 0 Å². The largest absolute Gasteiger partial charge is 0.0871 e. The summed E-state index contributed by atoms with van der Waals surface area (Å²) in [5, 5.41) is 0. The van der Waals surface area contributed by atoms with Crippen molar-refractivity contribution in [1.82, 2.24) is 0 Å². The van der Waals surface area contributed by atoms with Crippen LogP contribution in [-0.2, 0) is 6.42 Å². The molecule has 1 aromatic carbocycles. The average molecular weight is 222 g/mol. The lowest BCUT2D eigenvalue weighted by Gasteiger charge is -2.00. The van der Waals surface area contributed by atoms with Crippen molar-refractivity contribution < 1.29 is 0 Å². The molecule has 16 heavy (non-hydrogen) atoms. The van der Waals surface area contributed by atoms with Crippen LogP contribution in [-0.4, -0.2) is 0 Å². The zero-order valence-corrected chi connectivity index (χ0v) is 11.2. The minimum atomic E-state index is 0. The van der Waals surface area contributed by atoms with Gasteiger partial charge >= 0.3 is 0 Å². The molecule has 0 N–H and O–H groups in total. The molecule has 0 fully saturated rings. The molecular formula is C16H30. The third-order valence-electron chi connectivity index (χ3n) is 1.78. The molecule has 0 spiro atoms. The highest BCUT2D eigenvalue weighted by Crippen LogP contribution is 2.10. The number of allylic oxidation sites excluding steroid dienone is 1. The van der Waals surface area contributed by atoms with Gasteiger partial charge in [-0.2, -0.15) is 0 Å². The molecule has 0 saturated carbocycles. The van der Waals surface area contributed by atoms with Gasteiger partial charge in [-0.1, -0.05) is 78.5 Å². The molecule has 0 aliphatic heterocycles. The van der Waals surface area contributed by atoms with E-state index in [1.807, 2.05) is 34.6 Å². The Kier molecular flexibility index (Phi) is 20.9. The Hall–Kier alpha value is -1.04. The summed E-state index contributed by atoms with van der Waals surface area (Å²) in [5.74, 6) is 0. The van der Waals surface area contributed by atoms with Crippen LogP contribution in [0.1, 0.15) is 60.1 Å². The fraction of sp³-hybridized carbons (Fsp3) is 0.500. The summed E-state index contributed by atoms with van der Waals surface area (Å²) in [6, 6.07) is 8.49. The third kappa shape index (κ3) is 8.28. The van der Waals surface area contributed by atoms with Crippen LogP contribution in [0.4, 0.5) is 0 Å². The summed E-state index contributed by atoms with van der Waals surface area (Å²) >= 11 is 0. The highest BCUT2D eigenvalue weighted by atomic mass is 14.0. The predicted molar refractivity (Wildman–Crippen MR) is 80.0 cm³/mol. The van der Waals surface area contributed by atoms with Gasteiger partial charge < -0.3 is 0 Å². The maximum atomic E-state index is 2.18. The van der Waals surface area contributed by atoms with E-state index < -0.39 is 0 Å². The van der Waals surface area contributed by atoms with Crippen LogP contribution < -0.4 is 0 Å². The van der Waals surface area contributed by atoms with E-state index >= 15 is 0 Å². The summed E-state index contributed by atoms with van der Waals surface area (Å²) in [6.07, 6.45) is 5.34. The Morgan fingerprint density at radius 1 is 1.00 bits per heavy atom. The van der Waals surface area contributed by atoms with E-state index in [-0.39, 0.29) is 7.43 Å². The first-order chi connectivity index (χ1) is 7.38. The van der Waals surface area contributed by atoms with E-state index in [0.29, 0.717) is 0 Å². The van der Waals surface area contributed by atoms with E-state index in [9.17, 15) is 0 Å². The number of hydrogen-bond acceptors (Lipinski definition) is 0. The van der Waals surface area contributed by atoms with Gasteiger partial charge in [0.25, 0.3) is 0 Å². The van der Waals surface area contributed by atoms with Crippen molar-refractivity contribution in [3.05, 3.63) is 41.5 Å². The average Bonchev–Trinajstić information content (AvgIpc) is 2.35. The normalized spacial score (nSPS) is 8.12. The van der Waals surface area contributed by atoms with Crippen LogP contribution in [0, 0.1) is 0 Å². The van der Waals surface area contributed by atoms with Crippen LogP contribution in [0.25, 0.3) is 6.08 Å². The molecule has 0 aliphatic rings. The predicted octanol–water partition coefficient (Wildman–Crippen LogP) is 5.97. The topological polar surface area (TPSA) is 0 Å². The second-order valence-electron chi connectivity index (χ2n) is 2.55. The van der Waals surface area contributed by atoms with Crippen LogP contribution >= 0.6 is 0 Å². The van der Waals surface area contributed by atoms with Gasteiger partial charge in [0.05, 0.1) is 0 Å². The molecular weight excluding hydrogens is 192 g/mol. The quantitative estimate of drug-likeness (QED) is 0.578. The smallest absolute Gasteiger partial charge is 0.0228 e. The minimum absolute atomic E-state index is 0. The van der Waals surface area contributed by atoms with Gasteiger partial charge in [0.15, 0.2) is 0 Å². The maximum Gasteiger partial charge on any atom is -0.0228 e. The van der Waals surface area contributed by atoms with Crippen LogP contribution in [0.15, 0.2) is 30.3 Å². The summed E-state index contributed by atoms with van der Waals surface area (Å²) in [6.45, 7) is 12.2. The van der Waals surface area contributed by atoms with Crippen molar-refractivity contribution in [3.63, 3.8) is 0 Å². The van der Waals surface area contributed by atoms with Crippen molar-refractivity contribution in [2.45, 2.75) is 55.4 Å². The monoisotopic (exact) mass is 222 g/mol. The lowest BCUT2D eigenvalue weighted by Crippen LogP contribution is -1.83. The van der Waals surface area contributed by atoms with Gasteiger partial charge in [-0.15, -0.1) is 0 Å². The molecule has 0 bridgehead atoms. The Labute approximate surface area is 103 Å². The van der Waals surface area contributed by atoms with Crippen molar-refractivity contribution in [2.24, 2.45) is 0 Å². The molecule has 1 rings (SSSR count). The number of aryl methyl sites for hydroxylation is 1. The first-order valence-electron chi connectivity index (χ1n) is 6.09. The molecule has 0 amide bonds. The summed E-state index contributed by atoms with van der Waals surface area (Å²) in [7, 11) is 0. The number of hydrogen-bond donors (Lipinski definition) is 0. The molecule has 0 aromatic heterocycles. The van der Waals surface area contributed by atoms with Gasteiger partial charge in [0.1, 0.15) is 0 Å². The van der Waals surface area contributed by atoms with Gasteiger partial charge in [0, 0.05) is 0 Å². The second-order valence-corrected chi connectivity index (χ2v) is 2.55. The molecule has 0 heteroatoms. The van der Waals surface area contributed by atoms with Gasteiger partial charge in [0.2, 0.25) is 0 Å². The molecule has 0 unspecified atom stereocenters. The lowest BCUT2D eigenvalue weighted by molar-refractivity contribution is 1.13. The first kappa shape index (κ1) is 20.4. The Morgan fingerprint density at radius 2 is 1.50 bits per heavy atom. The van der Waals surface area contributed by atoms with Crippen LogP contribution in [0.2, 0.25) is 0 Å². The van der Waals surface area contributed by atoms with Gasteiger partial charge in [-0.25, -0.2) is 0 Å². The molecule has 1 aromatic rings. The van der Waals surface area contributed by atoms with E-state index in [1.165, 1.54) is 11.1 Å². The van der Waals surface area contributed by atoms with Crippen molar-refractivity contribution >= 4 is 6.08 Å². The Balaban J connectivity index is -0.000000305. The number of benzene rings is 1. The standard InChI is InChI=1S/C11H14.2C2H6.CH4/c1-3-7-11-9-6-5-8-10(11)4-2;2*1-2;/h3,5-9H,4H2,1-2H3;2*1-2H3;1H4/b7-3-;;;. The molecule has 0 aliphatic carbocycles. The van der Waals surface area contributed by atoms with E-state index in [2.05, 4.69) is 43.3 Å². The van der Waals surface area contributed by atoms with E-state index in [4.69, 9.17) is 0 Å². The molecule has 0 saturated heterocycles. The summed E-state index contributed by atoms with van der Waals surface area (Å²) < 4.78 is 0. The molecule has 94 valence electrons. The highest BCUT2D eigenvalue weighted by molar-refractivity contribution is 5.53. The molecule has 0 radical (unpaired) electrons.